The van der Waals surface area contributed by atoms with Crippen molar-refractivity contribution in [2.24, 2.45) is 0 Å². The molecule has 1 heterocycles. The molecule has 0 spiro atoms. The van der Waals surface area contributed by atoms with Crippen molar-refractivity contribution in [2.45, 2.75) is 27.2 Å². The fourth-order valence-corrected chi connectivity index (χ4v) is 2.25. The van der Waals surface area contributed by atoms with Crippen molar-refractivity contribution in [1.82, 2.24) is 0 Å². The predicted octanol–water partition coefficient (Wildman–Crippen LogP) is 4.59. The highest BCUT2D eigenvalue weighted by atomic mass is 32.1. The van der Waals surface area contributed by atoms with Gasteiger partial charge in [0, 0.05) is 10.6 Å². The molecule has 0 atom stereocenters. The normalized spacial score (nSPS) is 9.28. The van der Waals surface area contributed by atoms with Crippen molar-refractivity contribution in [3.63, 3.8) is 0 Å². The second-order valence-corrected chi connectivity index (χ2v) is 4.61. The number of para-hydroxylation sites is 1. The average Bonchev–Trinajstić information content (AvgIpc) is 2.91. The van der Waals surface area contributed by atoms with Gasteiger partial charge in [0.15, 0.2) is 0 Å². The molecule has 0 saturated heterocycles. The molecule has 18 heavy (non-hydrogen) atoms. The van der Waals surface area contributed by atoms with E-state index >= 15 is 0 Å². The van der Waals surface area contributed by atoms with E-state index in [-0.39, 0.29) is 5.91 Å². The Morgan fingerprint density at radius 2 is 1.78 bits per heavy atom. The van der Waals surface area contributed by atoms with Gasteiger partial charge in [0.25, 0.3) is 5.91 Å². The van der Waals surface area contributed by atoms with Crippen molar-refractivity contribution in [3.8, 4) is 0 Å². The summed E-state index contributed by atoms with van der Waals surface area (Å²) in [5, 5.41) is 2.87. The monoisotopic (exact) mass is 261 g/mol. The van der Waals surface area contributed by atoms with Crippen LogP contribution in [0.4, 0.5) is 5.69 Å². The molecule has 0 saturated carbocycles. The number of benzene rings is 1. The summed E-state index contributed by atoms with van der Waals surface area (Å²) < 4.78 is 0. The van der Waals surface area contributed by atoms with Crippen LogP contribution in [0.25, 0.3) is 0 Å². The fraction of sp³-hybridized carbons (Fsp3) is 0.267. The molecular formula is C15H19NOS. The second kappa shape index (κ2) is 7.67. The van der Waals surface area contributed by atoms with Gasteiger partial charge in [-0.15, -0.1) is 11.3 Å². The first kappa shape index (κ1) is 14.5. The maximum absolute atomic E-state index is 11.8. The lowest BCUT2D eigenvalue weighted by atomic mass is 10.3. The third-order valence-electron chi connectivity index (χ3n) is 2.27. The molecule has 1 N–H and O–H groups in total. The summed E-state index contributed by atoms with van der Waals surface area (Å²) in [5.74, 6) is -0.0316. The quantitative estimate of drug-likeness (QED) is 0.860. The molecule has 1 aromatic heterocycles. The zero-order chi connectivity index (χ0) is 13.4. The largest absolute Gasteiger partial charge is 0.321 e. The molecule has 0 aliphatic carbocycles. The lowest BCUT2D eigenvalue weighted by molar-refractivity contribution is 0.103. The molecule has 1 aromatic carbocycles. The van der Waals surface area contributed by atoms with Crippen molar-refractivity contribution in [1.29, 1.82) is 0 Å². The second-order valence-electron chi connectivity index (χ2n) is 3.44. The van der Waals surface area contributed by atoms with E-state index in [9.17, 15) is 4.79 Å². The minimum absolute atomic E-state index is 0.0316. The molecule has 0 aliphatic heterocycles. The van der Waals surface area contributed by atoms with Crippen LogP contribution in [0.1, 0.15) is 35.3 Å². The summed E-state index contributed by atoms with van der Waals surface area (Å²) in [6.07, 6.45) is 0.975. The molecule has 0 aliphatic rings. The number of rotatable bonds is 3. The van der Waals surface area contributed by atoms with Gasteiger partial charge in [0.1, 0.15) is 0 Å². The lowest BCUT2D eigenvalue weighted by Gasteiger charge is -2.02. The van der Waals surface area contributed by atoms with Crippen LogP contribution in [0.5, 0.6) is 0 Å². The average molecular weight is 261 g/mol. The third kappa shape index (κ3) is 4.00. The number of hydrogen-bond acceptors (Lipinski definition) is 2. The number of carbonyl (C=O) groups is 1. The summed E-state index contributed by atoms with van der Waals surface area (Å²) in [6.45, 7) is 6.09. The van der Waals surface area contributed by atoms with Crippen molar-refractivity contribution < 1.29 is 4.79 Å². The van der Waals surface area contributed by atoms with Crippen LogP contribution in [-0.4, -0.2) is 5.91 Å². The molecule has 1 amide bonds. The van der Waals surface area contributed by atoms with Gasteiger partial charge in [-0.3, -0.25) is 4.79 Å². The van der Waals surface area contributed by atoms with Gasteiger partial charge >= 0.3 is 0 Å². The number of thiophene rings is 1. The fourth-order valence-electron chi connectivity index (χ4n) is 1.40. The number of aryl methyl sites for hydroxylation is 1. The van der Waals surface area contributed by atoms with Crippen molar-refractivity contribution in [3.05, 3.63) is 52.2 Å². The molecular weight excluding hydrogens is 242 g/mol. The molecule has 2 rings (SSSR count). The molecule has 3 heteroatoms. The van der Waals surface area contributed by atoms with Gasteiger partial charge in [-0.05, 0) is 30.7 Å². The van der Waals surface area contributed by atoms with Crippen molar-refractivity contribution in [2.75, 3.05) is 5.32 Å². The van der Waals surface area contributed by atoms with E-state index in [1.165, 1.54) is 4.88 Å². The highest BCUT2D eigenvalue weighted by Crippen LogP contribution is 2.18. The minimum atomic E-state index is -0.0316. The Morgan fingerprint density at radius 3 is 2.33 bits per heavy atom. The first-order chi connectivity index (χ1) is 8.79. The van der Waals surface area contributed by atoms with Gasteiger partial charge in [0.05, 0.1) is 4.88 Å². The third-order valence-corrected chi connectivity index (χ3v) is 3.49. The number of nitrogens with one attached hydrogen (secondary N) is 1. The number of hydrogen-bond donors (Lipinski definition) is 1. The van der Waals surface area contributed by atoms with Gasteiger partial charge in [-0.2, -0.15) is 0 Å². The summed E-state index contributed by atoms with van der Waals surface area (Å²) in [4.78, 5) is 13.8. The molecule has 0 bridgehead atoms. The zero-order valence-electron chi connectivity index (χ0n) is 11.1. The Labute approximate surface area is 113 Å². The van der Waals surface area contributed by atoms with Crippen LogP contribution in [0.15, 0.2) is 42.5 Å². The van der Waals surface area contributed by atoms with Crippen LogP contribution in [-0.2, 0) is 6.42 Å². The van der Waals surface area contributed by atoms with E-state index in [0.29, 0.717) is 0 Å². The molecule has 2 nitrogen and oxygen atoms in total. The highest BCUT2D eigenvalue weighted by Gasteiger charge is 2.08. The number of carbonyl (C=O) groups excluding carboxylic acids is 1. The Kier molecular flexibility index (Phi) is 6.15. The van der Waals surface area contributed by atoms with E-state index in [1.807, 2.05) is 56.3 Å². The van der Waals surface area contributed by atoms with E-state index in [0.717, 1.165) is 17.0 Å². The van der Waals surface area contributed by atoms with Crippen LogP contribution < -0.4 is 5.32 Å². The predicted molar refractivity (Wildman–Crippen MR) is 79.4 cm³/mol. The Bertz CT molecular complexity index is 476. The van der Waals surface area contributed by atoms with Crippen LogP contribution >= 0.6 is 11.3 Å². The summed E-state index contributed by atoms with van der Waals surface area (Å²) in [5.41, 5.74) is 0.832. The molecule has 0 fully saturated rings. The highest BCUT2D eigenvalue weighted by molar-refractivity contribution is 7.14. The topological polar surface area (TPSA) is 29.1 Å². The van der Waals surface area contributed by atoms with E-state index in [2.05, 4.69) is 12.2 Å². The maximum atomic E-state index is 11.8. The lowest BCUT2D eigenvalue weighted by Crippen LogP contribution is -2.09. The minimum Gasteiger partial charge on any atom is -0.321 e. The van der Waals surface area contributed by atoms with Gasteiger partial charge in [-0.25, -0.2) is 0 Å². The zero-order valence-corrected chi connectivity index (χ0v) is 11.9. The van der Waals surface area contributed by atoms with Gasteiger partial charge in [0.2, 0.25) is 0 Å². The van der Waals surface area contributed by atoms with E-state index in [1.54, 1.807) is 11.3 Å². The number of amides is 1. The van der Waals surface area contributed by atoms with Gasteiger partial charge in [-0.1, -0.05) is 39.0 Å². The smallest absolute Gasteiger partial charge is 0.265 e. The van der Waals surface area contributed by atoms with E-state index < -0.39 is 0 Å². The first-order valence-corrected chi connectivity index (χ1v) is 7.06. The summed E-state index contributed by atoms with van der Waals surface area (Å²) >= 11 is 1.55. The standard InChI is InChI=1S/C13H13NOS.C2H6/c1-2-11-8-9-12(16-11)13(15)14-10-6-4-3-5-7-10;1-2/h3-9H,2H2,1H3,(H,14,15);1-2H3. The molecule has 2 aromatic rings. The molecule has 96 valence electrons. The Balaban J connectivity index is 0.000000771. The summed E-state index contributed by atoms with van der Waals surface area (Å²) in [7, 11) is 0. The first-order valence-electron chi connectivity index (χ1n) is 6.24. The van der Waals surface area contributed by atoms with Crippen molar-refractivity contribution >= 4 is 22.9 Å². The van der Waals surface area contributed by atoms with Crippen LogP contribution in [0, 0.1) is 0 Å². The number of anilines is 1. The SMILES string of the molecule is CC.CCc1ccc(C(=O)Nc2ccccc2)s1. The molecule has 0 radical (unpaired) electrons. The van der Waals surface area contributed by atoms with Crippen LogP contribution in [0.3, 0.4) is 0 Å². The van der Waals surface area contributed by atoms with Gasteiger partial charge < -0.3 is 5.32 Å². The maximum Gasteiger partial charge on any atom is 0.265 e. The molecule has 0 unspecified atom stereocenters. The Morgan fingerprint density at radius 1 is 1.11 bits per heavy atom. The van der Waals surface area contributed by atoms with E-state index in [4.69, 9.17) is 0 Å². The summed E-state index contributed by atoms with van der Waals surface area (Å²) in [6, 6.07) is 13.4. The van der Waals surface area contributed by atoms with Crippen LogP contribution in [0.2, 0.25) is 0 Å². The Hall–Kier alpha value is -1.61.